The van der Waals surface area contributed by atoms with E-state index in [0.29, 0.717) is 40.3 Å². The van der Waals surface area contributed by atoms with Crippen LogP contribution in [0.25, 0.3) is 21.5 Å². The molecule has 0 aliphatic carbocycles. The summed E-state index contributed by atoms with van der Waals surface area (Å²) in [5.41, 5.74) is -0.786. The Balaban J connectivity index is 0.996. The first-order chi connectivity index (χ1) is 59.7. The molecule has 684 valence electrons. The highest BCUT2D eigenvalue weighted by Gasteiger charge is 2.49. The Bertz CT molecular complexity index is 5270. The molecule has 33 heteroatoms. The summed E-state index contributed by atoms with van der Waals surface area (Å²) in [6, 6.07) is 27.8. The number of amides is 10. The number of nitrogens with one attached hydrogen (secondary N) is 7. The molecule has 2 saturated heterocycles. The summed E-state index contributed by atoms with van der Waals surface area (Å²) in [5, 5.41) is 30.8. The summed E-state index contributed by atoms with van der Waals surface area (Å²) >= 11 is 0. The van der Waals surface area contributed by atoms with Gasteiger partial charge in [-0.15, -0.1) is 5.10 Å². The Morgan fingerprint density at radius 3 is 1.58 bits per heavy atom. The summed E-state index contributed by atoms with van der Waals surface area (Å²) in [7, 11) is -0.0922. The highest BCUT2D eigenvalue weighted by atomic mass is 32.2. The van der Waals surface area contributed by atoms with Crippen molar-refractivity contribution in [1.82, 2.24) is 71.2 Å². The average Bonchev–Trinajstić information content (AvgIpc) is 1.66. The number of hydrogen-bond donors (Lipinski definition) is 7. The number of carbonyl (C=O) groups is 11. The number of nitrogens with zero attached hydrogens (tertiary/aromatic N) is 7. The highest BCUT2D eigenvalue weighted by Crippen LogP contribution is 2.35. The molecule has 32 nitrogen and oxygen atoms in total. The van der Waals surface area contributed by atoms with Crippen LogP contribution in [0.4, 0.5) is 9.59 Å². The zero-order valence-corrected chi connectivity index (χ0v) is 76.8. The second kappa shape index (κ2) is 41.6. The van der Waals surface area contributed by atoms with Gasteiger partial charge in [-0.25, -0.2) is 27.5 Å². The average molecular weight is 1770 g/mol. The number of ether oxygens (including phenoxy) is 5. The van der Waals surface area contributed by atoms with Crippen molar-refractivity contribution in [2.24, 2.45) is 16.7 Å². The summed E-state index contributed by atoms with van der Waals surface area (Å²) in [6.45, 7) is 24.9. The Morgan fingerprint density at radius 2 is 1.07 bits per heavy atom. The molecule has 7 heterocycles. The van der Waals surface area contributed by atoms with Gasteiger partial charge in [0.1, 0.15) is 89.9 Å². The minimum Gasteiger partial charge on any atom is -0.490 e. The van der Waals surface area contributed by atoms with Crippen LogP contribution >= 0.6 is 0 Å². The lowest BCUT2D eigenvalue weighted by molar-refractivity contribution is -0.146. The van der Waals surface area contributed by atoms with Gasteiger partial charge >= 0.3 is 18.2 Å². The lowest BCUT2D eigenvalue weighted by Crippen LogP contribution is -2.61. The fraction of sp³-hybridized carbons (Fsp3) is 0.500. The SMILES string of the molecule is CCS(=O)(=O)NC(=O)C1Cc2ccc(cc2)OCC=CCC2CC(C(=O)NC(Cc3ccc4ccccc4c3)C(=O)NC(C(=O)OC)Cc3ccc(cc3)OCc3cn(nn3)C3CC(C(=O)NC(Cc4ccc5ccccc5c4)CN1)N(C(=O)C(NC(=O)C(C)N(C)C(=O)OC(C)(C)C)C(C)(C)C)C3)N(C(=O)C(NC(=O)C(C)N(C)C(=O)OC(C)(C)C)C(C)(C)C)C2. The van der Waals surface area contributed by atoms with Gasteiger partial charge < -0.3 is 65.4 Å². The topological polar surface area (TPSA) is 396 Å². The van der Waals surface area contributed by atoms with Gasteiger partial charge in [0.25, 0.3) is 5.91 Å². The monoisotopic (exact) mass is 1770 g/mol. The number of likely N-dealkylation sites (tertiary alicyclic amines) is 2. The van der Waals surface area contributed by atoms with Gasteiger partial charge in [-0.05, 0) is 173 Å². The molecule has 0 saturated carbocycles. The maximum Gasteiger partial charge on any atom is 0.410 e. The number of sulfonamides is 1. The standard InChI is InChI=1S/C94H124N14O18S/c1-19-127(120,121)102-83(112)73-47-59-33-39-71(40-34-59)123-43-25-24-26-63-50-76(106(53-63)86(115)78(91(4,5)6)99-80(109)57(2)104(16)89(118)125-93(10,11)12)85(114)97-74(49-62-32-38-65-28-21-23-30-67(65)45-62)82(111)98-75(88(117)122-18)48-60-35-41-72(42-36-60)124-56-69-54-108(103-101-69)70-51-77(84(113)96-68(52-95-73)46-61-31-37-64-27-20-22-29-66(64)44-61)107(55-70)87(116)79(92(7,8)9)100-81(110)58(3)105(17)90(119)126-94(13,14)15/h20-25,27-42,44-45,54,57-58,63,68,70,73-79,95H,19,26,43,46-53,55-56H2,1-18H3,(H,96,113)(H,97,114)(H,98,111)(H,99,109)(H,100,110)(H,102,112). The largest absolute Gasteiger partial charge is 0.490 e. The van der Waals surface area contributed by atoms with E-state index in [9.17, 15) is 37.2 Å². The lowest BCUT2D eigenvalue weighted by atomic mass is 9.85. The number of carbonyl (C=O) groups excluding carboxylic acids is 11. The van der Waals surface area contributed by atoms with E-state index in [-0.39, 0.29) is 77.3 Å². The van der Waals surface area contributed by atoms with E-state index in [4.69, 9.17) is 23.7 Å². The lowest BCUT2D eigenvalue weighted by Gasteiger charge is -2.37. The number of fused-ring (bicyclic) bond motifs is 2. The van der Waals surface area contributed by atoms with Gasteiger partial charge in [-0.2, -0.15) is 0 Å². The van der Waals surface area contributed by atoms with Crippen molar-refractivity contribution in [2.75, 3.05) is 53.2 Å². The quantitative estimate of drug-likeness (QED) is 0.0270. The Morgan fingerprint density at radius 1 is 0.583 bits per heavy atom. The van der Waals surface area contributed by atoms with E-state index in [1.165, 1.54) is 56.5 Å². The van der Waals surface area contributed by atoms with E-state index in [0.717, 1.165) is 36.9 Å². The molecule has 2 fully saturated rings. The maximum absolute atomic E-state index is 15.7. The zero-order valence-electron chi connectivity index (χ0n) is 75.9. The molecule has 7 N–H and O–H groups in total. The molecule has 6 aliphatic heterocycles. The zero-order chi connectivity index (χ0) is 92.8. The third-order valence-electron chi connectivity index (χ3n) is 22.8. The number of allylic oxidation sites excluding steroid dienone is 1. The van der Waals surface area contributed by atoms with E-state index < -0.39 is 170 Å². The third kappa shape index (κ3) is 26.8. The minimum atomic E-state index is -4.12. The molecule has 10 amide bonds. The van der Waals surface area contributed by atoms with Gasteiger partial charge in [-0.1, -0.05) is 168 Å². The molecule has 6 aliphatic rings. The fourth-order valence-corrected chi connectivity index (χ4v) is 15.9. The van der Waals surface area contributed by atoms with E-state index in [2.05, 4.69) is 46.9 Å². The summed E-state index contributed by atoms with van der Waals surface area (Å²) in [5.74, 6) is -6.22. The van der Waals surface area contributed by atoms with Crippen molar-refractivity contribution >= 4 is 97.0 Å². The number of benzene rings is 6. The molecule has 10 bridgehead atoms. The Labute approximate surface area is 743 Å². The highest BCUT2D eigenvalue weighted by molar-refractivity contribution is 7.90. The Kier molecular flexibility index (Phi) is 31.9. The number of likely N-dealkylation sites (N-methyl/N-ethyl adjacent to an activating group) is 2. The molecular formula is C94H124N14O18S. The molecular weight excluding hydrogens is 1650 g/mol. The molecule has 13 rings (SSSR count). The van der Waals surface area contributed by atoms with Crippen LogP contribution in [-0.4, -0.2) is 233 Å². The summed E-state index contributed by atoms with van der Waals surface area (Å²) in [4.78, 5) is 166. The van der Waals surface area contributed by atoms with Gasteiger partial charge in [0.05, 0.1) is 31.1 Å². The van der Waals surface area contributed by atoms with Crippen LogP contribution in [0.2, 0.25) is 0 Å². The summed E-state index contributed by atoms with van der Waals surface area (Å²) < 4.78 is 59.2. The van der Waals surface area contributed by atoms with Gasteiger partial charge in [0.15, 0.2) is 0 Å². The van der Waals surface area contributed by atoms with Gasteiger partial charge in [-0.3, -0.25) is 52.9 Å². The predicted octanol–water partition coefficient (Wildman–Crippen LogP) is 8.76. The normalized spacial score (nSPS) is 20.8. The van der Waals surface area contributed by atoms with Crippen LogP contribution in [-0.2, 0) is 99.7 Å². The number of aromatic nitrogens is 3. The third-order valence-corrected chi connectivity index (χ3v) is 24.1. The second-order valence-electron chi connectivity index (χ2n) is 37.3. The molecule has 1 aromatic heterocycles. The number of hydrogen-bond acceptors (Lipinski definition) is 21. The van der Waals surface area contributed by atoms with Crippen LogP contribution in [0.3, 0.4) is 0 Å². The van der Waals surface area contributed by atoms with E-state index in [1.807, 2.05) is 91.0 Å². The first kappa shape index (κ1) is 97.2. The van der Waals surface area contributed by atoms with Gasteiger partial charge in [0.2, 0.25) is 51.4 Å². The van der Waals surface area contributed by atoms with Crippen molar-refractivity contribution < 1.29 is 84.8 Å². The van der Waals surface area contributed by atoms with Crippen molar-refractivity contribution in [3.05, 3.63) is 180 Å². The van der Waals surface area contributed by atoms with Crippen LogP contribution in [0, 0.1) is 16.7 Å². The van der Waals surface area contributed by atoms with Crippen molar-refractivity contribution in [1.29, 1.82) is 0 Å². The van der Waals surface area contributed by atoms with Crippen molar-refractivity contribution in [3.8, 4) is 11.5 Å². The van der Waals surface area contributed by atoms with Crippen LogP contribution < -0.4 is 46.1 Å². The molecule has 12 atom stereocenters. The first-order valence-corrected chi connectivity index (χ1v) is 44.7. The molecule has 7 aromatic rings. The Hall–Kier alpha value is -12.0. The number of esters is 1. The van der Waals surface area contributed by atoms with Crippen molar-refractivity contribution in [2.45, 2.75) is 233 Å². The second-order valence-corrected chi connectivity index (χ2v) is 39.3. The molecule has 0 spiro atoms. The van der Waals surface area contributed by atoms with Crippen LogP contribution in [0.5, 0.6) is 11.5 Å². The summed E-state index contributed by atoms with van der Waals surface area (Å²) in [6.07, 6.45) is 4.11. The smallest absolute Gasteiger partial charge is 0.410 e. The minimum absolute atomic E-state index is 0.0200. The van der Waals surface area contributed by atoms with E-state index >= 15 is 24.0 Å². The predicted molar refractivity (Wildman–Crippen MR) is 479 cm³/mol. The number of rotatable bonds is 16. The van der Waals surface area contributed by atoms with Crippen LogP contribution in [0.1, 0.15) is 157 Å². The van der Waals surface area contributed by atoms with Crippen LogP contribution in [0.15, 0.2) is 152 Å². The first-order valence-electron chi connectivity index (χ1n) is 43.1. The van der Waals surface area contributed by atoms with E-state index in [1.54, 1.807) is 144 Å². The molecule has 6 aromatic carbocycles. The fourth-order valence-electron chi connectivity index (χ4n) is 15.4. The molecule has 0 radical (unpaired) electrons. The van der Waals surface area contributed by atoms with Crippen molar-refractivity contribution in [3.63, 3.8) is 0 Å². The maximum atomic E-state index is 15.7. The molecule has 12 unspecified atom stereocenters. The number of methoxy groups -OCH3 is 1. The van der Waals surface area contributed by atoms with Gasteiger partial charge in [0, 0.05) is 59.0 Å². The molecule has 127 heavy (non-hydrogen) atoms.